The quantitative estimate of drug-likeness (QED) is 0.685. The Kier molecular flexibility index (Phi) is 5.65. The Morgan fingerprint density at radius 3 is 2.52 bits per heavy atom. The van der Waals surface area contributed by atoms with Gasteiger partial charge in [0.25, 0.3) is 0 Å². The molecule has 1 amide bonds. The van der Waals surface area contributed by atoms with Crippen molar-refractivity contribution < 1.29 is 14.3 Å². The Morgan fingerprint density at radius 2 is 1.81 bits per heavy atom. The van der Waals surface area contributed by atoms with Gasteiger partial charge in [-0.3, -0.25) is 4.79 Å². The van der Waals surface area contributed by atoms with E-state index in [4.69, 9.17) is 9.47 Å². The first-order valence-electron chi connectivity index (χ1n) is 8.42. The molecular weight excluding hydrogens is 346 g/mol. The third kappa shape index (κ3) is 4.41. The minimum Gasteiger partial charge on any atom is -0.493 e. The third-order valence-electron chi connectivity index (χ3n) is 4.07. The molecule has 140 valence electrons. The van der Waals surface area contributed by atoms with Crippen LogP contribution in [-0.2, 0) is 17.8 Å². The second-order valence-electron chi connectivity index (χ2n) is 5.99. The largest absolute Gasteiger partial charge is 0.493 e. The molecule has 3 rings (SSSR count). The van der Waals surface area contributed by atoms with Crippen LogP contribution >= 0.6 is 0 Å². The summed E-state index contributed by atoms with van der Waals surface area (Å²) in [6.07, 6.45) is 0.215. The Balaban J connectivity index is 1.63. The van der Waals surface area contributed by atoms with Gasteiger partial charge in [0, 0.05) is 0 Å². The molecule has 0 aliphatic rings. The van der Waals surface area contributed by atoms with Gasteiger partial charge in [-0.15, -0.1) is 5.10 Å². The van der Waals surface area contributed by atoms with Crippen molar-refractivity contribution >= 4 is 5.91 Å². The van der Waals surface area contributed by atoms with E-state index in [2.05, 4.69) is 20.8 Å². The molecule has 27 heavy (non-hydrogen) atoms. The highest BCUT2D eigenvalue weighted by Gasteiger charge is 2.12. The van der Waals surface area contributed by atoms with Crippen molar-refractivity contribution in [3.63, 3.8) is 0 Å². The fraction of sp³-hybridized carbons (Fsp3) is 0.263. The molecule has 0 aliphatic heterocycles. The van der Waals surface area contributed by atoms with Gasteiger partial charge in [-0.05, 0) is 47.2 Å². The number of tetrazole rings is 1. The third-order valence-corrected chi connectivity index (χ3v) is 4.07. The number of hydrogen-bond acceptors (Lipinski definition) is 6. The maximum atomic E-state index is 12.3. The second kappa shape index (κ2) is 8.31. The fourth-order valence-corrected chi connectivity index (χ4v) is 2.62. The summed E-state index contributed by atoms with van der Waals surface area (Å²) in [5.41, 5.74) is 2.81. The van der Waals surface area contributed by atoms with Crippen LogP contribution in [0, 0.1) is 6.92 Å². The Hall–Kier alpha value is -3.42. The van der Waals surface area contributed by atoms with Crippen molar-refractivity contribution in [2.45, 2.75) is 19.9 Å². The summed E-state index contributed by atoms with van der Waals surface area (Å²) in [6.45, 7) is 2.24. The number of nitrogens with zero attached hydrogens (tertiary/aromatic N) is 4. The molecule has 1 aromatic heterocycles. The molecule has 3 aromatic rings. The zero-order valence-electron chi connectivity index (χ0n) is 15.5. The smallest absolute Gasteiger partial charge is 0.224 e. The molecule has 0 bridgehead atoms. The highest BCUT2D eigenvalue weighted by Crippen LogP contribution is 2.27. The van der Waals surface area contributed by atoms with Crippen molar-refractivity contribution in [1.29, 1.82) is 0 Å². The Morgan fingerprint density at radius 1 is 1.07 bits per heavy atom. The van der Waals surface area contributed by atoms with E-state index < -0.39 is 0 Å². The van der Waals surface area contributed by atoms with Gasteiger partial charge in [-0.25, -0.2) is 0 Å². The van der Waals surface area contributed by atoms with Crippen LogP contribution in [0.4, 0.5) is 0 Å². The minimum atomic E-state index is -0.138. The summed E-state index contributed by atoms with van der Waals surface area (Å²) in [7, 11) is 3.13. The first-order valence-corrected chi connectivity index (χ1v) is 8.42. The Labute approximate surface area is 157 Å². The summed E-state index contributed by atoms with van der Waals surface area (Å²) in [5.74, 6) is 1.63. The molecule has 0 atom stereocenters. The van der Waals surface area contributed by atoms with Gasteiger partial charge in [0.2, 0.25) is 5.91 Å². The van der Waals surface area contributed by atoms with Gasteiger partial charge < -0.3 is 14.8 Å². The van der Waals surface area contributed by atoms with Gasteiger partial charge in [0.05, 0.1) is 32.9 Å². The highest BCUT2D eigenvalue weighted by molar-refractivity contribution is 5.78. The lowest BCUT2D eigenvalue weighted by Gasteiger charge is -2.10. The summed E-state index contributed by atoms with van der Waals surface area (Å²) < 4.78 is 12.1. The van der Waals surface area contributed by atoms with E-state index in [0.717, 1.165) is 16.8 Å². The summed E-state index contributed by atoms with van der Waals surface area (Å²) in [6, 6.07) is 13.2. The molecule has 0 aliphatic carbocycles. The molecule has 0 fully saturated rings. The standard InChI is InChI=1S/C19H21N5O3/c1-13-4-7-15(8-5-13)24-18(21-22-23-24)12-20-19(25)11-14-6-9-16(26-2)17(10-14)27-3/h4-10H,11-12H2,1-3H3,(H,20,25). The zero-order chi connectivity index (χ0) is 19.2. The number of carbonyl (C=O) groups is 1. The molecule has 0 radical (unpaired) electrons. The summed E-state index contributed by atoms with van der Waals surface area (Å²) >= 11 is 0. The number of aryl methyl sites for hydroxylation is 1. The van der Waals surface area contributed by atoms with Crippen LogP contribution in [0.25, 0.3) is 5.69 Å². The van der Waals surface area contributed by atoms with Gasteiger partial charge in [0.1, 0.15) is 0 Å². The number of benzene rings is 2. The molecule has 1 heterocycles. The summed E-state index contributed by atoms with van der Waals surface area (Å²) in [5, 5.41) is 14.5. The van der Waals surface area contributed by atoms with Crippen LogP contribution in [0.5, 0.6) is 11.5 Å². The molecule has 0 spiro atoms. The minimum absolute atomic E-state index is 0.138. The predicted octanol–water partition coefficient (Wildman–Crippen LogP) is 1.85. The molecule has 0 saturated carbocycles. The van der Waals surface area contributed by atoms with E-state index in [1.807, 2.05) is 37.3 Å². The van der Waals surface area contributed by atoms with E-state index in [9.17, 15) is 4.79 Å². The maximum Gasteiger partial charge on any atom is 0.224 e. The van der Waals surface area contributed by atoms with Crippen LogP contribution in [-0.4, -0.2) is 40.3 Å². The lowest BCUT2D eigenvalue weighted by Crippen LogP contribution is -2.26. The number of rotatable bonds is 7. The number of methoxy groups -OCH3 is 2. The SMILES string of the molecule is COc1ccc(CC(=O)NCc2nnnn2-c2ccc(C)cc2)cc1OC. The first kappa shape index (κ1) is 18.4. The van der Waals surface area contributed by atoms with E-state index in [0.29, 0.717) is 17.3 Å². The van der Waals surface area contributed by atoms with E-state index in [1.54, 1.807) is 31.0 Å². The normalized spacial score (nSPS) is 10.5. The van der Waals surface area contributed by atoms with Crippen molar-refractivity contribution in [1.82, 2.24) is 25.5 Å². The number of aromatic nitrogens is 4. The monoisotopic (exact) mass is 367 g/mol. The maximum absolute atomic E-state index is 12.3. The average Bonchev–Trinajstić information content (AvgIpc) is 3.15. The van der Waals surface area contributed by atoms with E-state index >= 15 is 0 Å². The van der Waals surface area contributed by atoms with Crippen molar-refractivity contribution in [2.75, 3.05) is 14.2 Å². The van der Waals surface area contributed by atoms with Crippen LogP contribution in [0.2, 0.25) is 0 Å². The van der Waals surface area contributed by atoms with Crippen molar-refractivity contribution in [3.8, 4) is 17.2 Å². The molecule has 2 aromatic carbocycles. The van der Waals surface area contributed by atoms with Gasteiger partial charge >= 0.3 is 0 Å². The fourth-order valence-electron chi connectivity index (χ4n) is 2.62. The van der Waals surface area contributed by atoms with Gasteiger partial charge in [0.15, 0.2) is 17.3 Å². The molecule has 8 heteroatoms. The molecular formula is C19H21N5O3. The van der Waals surface area contributed by atoms with Crippen molar-refractivity contribution in [3.05, 3.63) is 59.4 Å². The molecule has 0 saturated heterocycles. The molecule has 8 nitrogen and oxygen atoms in total. The number of nitrogens with one attached hydrogen (secondary N) is 1. The highest BCUT2D eigenvalue weighted by atomic mass is 16.5. The molecule has 1 N–H and O–H groups in total. The van der Waals surface area contributed by atoms with E-state index in [1.165, 1.54) is 0 Å². The van der Waals surface area contributed by atoms with Gasteiger partial charge in [-0.2, -0.15) is 4.68 Å². The Bertz CT molecular complexity index is 921. The predicted molar refractivity (Wildman–Crippen MR) is 99.0 cm³/mol. The first-order chi connectivity index (χ1) is 13.1. The topological polar surface area (TPSA) is 91.2 Å². The second-order valence-corrected chi connectivity index (χ2v) is 5.99. The van der Waals surface area contributed by atoms with Crippen LogP contribution in [0.3, 0.4) is 0 Å². The lowest BCUT2D eigenvalue weighted by atomic mass is 10.1. The van der Waals surface area contributed by atoms with Crippen molar-refractivity contribution in [2.24, 2.45) is 0 Å². The number of amides is 1. The summed E-state index contributed by atoms with van der Waals surface area (Å²) in [4.78, 5) is 12.3. The number of carbonyl (C=O) groups excluding carboxylic acids is 1. The lowest BCUT2D eigenvalue weighted by molar-refractivity contribution is -0.120. The molecule has 0 unspecified atom stereocenters. The van der Waals surface area contributed by atoms with Gasteiger partial charge in [-0.1, -0.05) is 23.8 Å². The van der Waals surface area contributed by atoms with Crippen LogP contribution in [0.1, 0.15) is 17.0 Å². The van der Waals surface area contributed by atoms with E-state index in [-0.39, 0.29) is 18.9 Å². The number of hydrogen-bond donors (Lipinski definition) is 1. The number of ether oxygens (including phenoxy) is 2. The zero-order valence-corrected chi connectivity index (χ0v) is 15.5. The van der Waals surface area contributed by atoms with Crippen LogP contribution in [0.15, 0.2) is 42.5 Å². The average molecular weight is 367 g/mol. The van der Waals surface area contributed by atoms with Crippen LogP contribution < -0.4 is 14.8 Å².